The van der Waals surface area contributed by atoms with Crippen LogP contribution in [0.3, 0.4) is 0 Å². The van der Waals surface area contributed by atoms with Crippen molar-refractivity contribution in [3.8, 4) is 33.4 Å². The van der Waals surface area contributed by atoms with E-state index < -0.39 is 0 Å². The minimum Gasteiger partial charge on any atom is -0.310 e. The Morgan fingerprint density at radius 2 is 0.958 bits per heavy atom. The molecule has 0 unspecified atom stereocenters. The van der Waals surface area contributed by atoms with Gasteiger partial charge in [0.05, 0.1) is 0 Å². The van der Waals surface area contributed by atoms with Crippen LogP contribution in [0.1, 0.15) is 51.3 Å². The maximum absolute atomic E-state index is 2.46. The number of nitrogens with zero attached hydrogens (tertiary/aromatic N) is 1. The molecule has 8 rings (SSSR count). The molecular weight excluding hydrogens is 579 g/mol. The molecule has 0 N–H and O–H groups in total. The number of fused-ring (bicyclic) bond motifs is 4. The van der Waals surface area contributed by atoms with E-state index in [1.54, 1.807) is 0 Å². The summed E-state index contributed by atoms with van der Waals surface area (Å²) in [5, 5.41) is 2.54. The normalized spacial score (nSPS) is 13.3. The van der Waals surface area contributed by atoms with Crippen molar-refractivity contribution in [3.05, 3.63) is 174 Å². The quantitative estimate of drug-likeness (QED) is 0.185. The Balaban J connectivity index is 1.27. The number of rotatable bonds is 5. The van der Waals surface area contributed by atoms with Crippen LogP contribution < -0.4 is 4.90 Å². The van der Waals surface area contributed by atoms with Gasteiger partial charge in [-0.2, -0.15) is 0 Å². The predicted molar refractivity (Wildman–Crippen MR) is 206 cm³/mol. The van der Waals surface area contributed by atoms with Crippen molar-refractivity contribution in [1.29, 1.82) is 0 Å². The van der Waals surface area contributed by atoms with Crippen molar-refractivity contribution >= 4 is 27.8 Å². The summed E-state index contributed by atoms with van der Waals surface area (Å²) in [4.78, 5) is 2.46. The average molecular weight is 620 g/mol. The number of benzene rings is 7. The van der Waals surface area contributed by atoms with Gasteiger partial charge in [-0.15, -0.1) is 0 Å². The van der Waals surface area contributed by atoms with E-state index in [1.165, 1.54) is 72.2 Å². The number of hydrogen-bond acceptors (Lipinski definition) is 1. The van der Waals surface area contributed by atoms with Crippen LogP contribution >= 0.6 is 0 Å². The molecule has 0 bridgehead atoms. The molecule has 0 atom stereocenters. The van der Waals surface area contributed by atoms with Gasteiger partial charge < -0.3 is 4.90 Å². The summed E-state index contributed by atoms with van der Waals surface area (Å²) in [7, 11) is 0. The van der Waals surface area contributed by atoms with Crippen LogP contribution in [0, 0.1) is 0 Å². The van der Waals surface area contributed by atoms with Crippen LogP contribution in [-0.4, -0.2) is 0 Å². The summed E-state index contributed by atoms with van der Waals surface area (Å²) >= 11 is 0. The molecule has 0 aliphatic heterocycles. The van der Waals surface area contributed by atoms with Gasteiger partial charge in [0.15, 0.2) is 0 Å². The molecule has 234 valence electrons. The average Bonchev–Trinajstić information content (AvgIpc) is 3.34. The first kappa shape index (κ1) is 30.0. The summed E-state index contributed by atoms with van der Waals surface area (Å²) in [6.45, 7) is 11.6. The van der Waals surface area contributed by atoms with Gasteiger partial charge in [0, 0.05) is 22.5 Å². The van der Waals surface area contributed by atoms with E-state index in [-0.39, 0.29) is 10.8 Å². The molecule has 1 aliphatic rings. The molecule has 0 aromatic heterocycles. The van der Waals surface area contributed by atoms with Crippen molar-refractivity contribution in [2.75, 3.05) is 4.90 Å². The lowest BCUT2D eigenvalue weighted by Crippen LogP contribution is -2.20. The SMILES string of the molecule is CC(C)(C)c1ccccc1N(c1ccc(-c2ccc(-c3ccccc3)c3ccccc23)cc1)c1ccc2c(c1)C(C)(C)c1ccccc1-2. The molecule has 0 spiro atoms. The van der Waals surface area contributed by atoms with Crippen LogP contribution in [0.25, 0.3) is 44.2 Å². The molecular formula is C47H41N. The maximum atomic E-state index is 2.46. The van der Waals surface area contributed by atoms with Gasteiger partial charge in [-0.25, -0.2) is 0 Å². The summed E-state index contributed by atoms with van der Waals surface area (Å²) in [5.41, 5.74) is 15.2. The van der Waals surface area contributed by atoms with Crippen molar-refractivity contribution < 1.29 is 0 Å². The van der Waals surface area contributed by atoms with Crippen molar-refractivity contribution in [1.82, 2.24) is 0 Å². The Kier molecular flexibility index (Phi) is 7.11. The van der Waals surface area contributed by atoms with E-state index in [0.29, 0.717) is 0 Å². The lowest BCUT2D eigenvalue weighted by Gasteiger charge is -2.33. The van der Waals surface area contributed by atoms with Gasteiger partial charge in [0.2, 0.25) is 0 Å². The third kappa shape index (κ3) is 4.93. The summed E-state index contributed by atoms with van der Waals surface area (Å²) in [6, 6.07) is 58.0. The lowest BCUT2D eigenvalue weighted by molar-refractivity contribution is 0.591. The van der Waals surface area contributed by atoms with E-state index in [4.69, 9.17) is 0 Å². The molecule has 0 fully saturated rings. The topological polar surface area (TPSA) is 3.24 Å². The second kappa shape index (κ2) is 11.4. The smallest absolute Gasteiger partial charge is 0.0498 e. The first-order chi connectivity index (χ1) is 23.2. The van der Waals surface area contributed by atoms with Crippen LogP contribution in [0.15, 0.2) is 158 Å². The van der Waals surface area contributed by atoms with Gasteiger partial charge in [-0.3, -0.25) is 0 Å². The van der Waals surface area contributed by atoms with Gasteiger partial charge in [-0.1, -0.05) is 162 Å². The Hall–Kier alpha value is -5.40. The molecule has 1 nitrogen and oxygen atoms in total. The van der Waals surface area contributed by atoms with Gasteiger partial charge in [-0.05, 0) is 96.6 Å². The molecule has 0 saturated heterocycles. The highest BCUT2D eigenvalue weighted by molar-refractivity contribution is 6.05. The molecule has 0 heterocycles. The summed E-state index contributed by atoms with van der Waals surface area (Å²) in [5.74, 6) is 0. The predicted octanol–water partition coefficient (Wildman–Crippen LogP) is 13.2. The first-order valence-electron chi connectivity index (χ1n) is 17.0. The van der Waals surface area contributed by atoms with Crippen molar-refractivity contribution in [3.63, 3.8) is 0 Å². The third-order valence-electron chi connectivity index (χ3n) is 10.2. The minimum absolute atomic E-state index is 0.0273. The van der Waals surface area contributed by atoms with Crippen LogP contribution in [-0.2, 0) is 10.8 Å². The highest BCUT2D eigenvalue weighted by Crippen LogP contribution is 2.51. The standard InChI is InChI=1S/C47H41N/c1-46(2,3)43-21-13-14-22-45(43)48(35-27-28-41-40-19-11-12-20-42(40)47(4,5)44(41)31-35)34-25-23-33(24-26-34)37-30-29-36(32-15-7-6-8-16-32)38-17-9-10-18-39(37)38/h6-31H,1-5H3. The monoisotopic (exact) mass is 619 g/mol. The fourth-order valence-corrected chi connectivity index (χ4v) is 7.77. The molecule has 0 amide bonds. The second-order valence-corrected chi connectivity index (χ2v) is 14.6. The molecule has 1 heteroatoms. The zero-order chi connectivity index (χ0) is 33.0. The molecule has 7 aromatic carbocycles. The number of hydrogen-bond donors (Lipinski definition) is 0. The molecule has 0 radical (unpaired) electrons. The van der Waals surface area contributed by atoms with Crippen molar-refractivity contribution in [2.45, 2.75) is 45.4 Å². The van der Waals surface area contributed by atoms with E-state index in [9.17, 15) is 0 Å². The van der Waals surface area contributed by atoms with E-state index in [1.807, 2.05) is 0 Å². The fraction of sp³-hybridized carbons (Fsp3) is 0.149. The van der Waals surface area contributed by atoms with Crippen LogP contribution in [0.4, 0.5) is 17.1 Å². The third-order valence-corrected chi connectivity index (χ3v) is 10.2. The maximum Gasteiger partial charge on any atom is 0.0498 e. The number of anilines is 3. The van der Waals surface area contributed by atoms with Gasteiger partial charge >= 0.3 is 0 Å². The Bertz CT molecular complexity index is 2280. The number of para-hydroxylation sites is 1. The highest BCUT2D eigenvalue weighted by Gasteiger charge is 2.36. The lowest BCUT2D eigenvalue weighted by atomic mass is 9.82. The minimum atomic E-state index is -0.0754. The van der Waals surface area contributed by atoms with E-state index in [0.717, 1.165) is 5.69 Å². The Morgan fingerprint density at radius 3 is 1.65 bits per heavy atom. The Morgan fingerprint density at radius 1 is 0.438 bits per heavy atom. The van der Waals surface area contributed by atoms with E-state index >= 15 is 0 Å². The fourth-order valence-electron chi connectivity index (χ4n) is 7.77. The zero-order valence-corrected chi connectivity index (χ0v) is 28.5. The molecule has 1 aliphatic carbocycles. The Labute approximate surface area is 285 Å². The summed E-state index contributed by atoms with van der Waals surface area (Å²) < 4.78 is 0. The summed E-state index contributed by atoms with van der Waals surface area (Å²) in [6.07, 6.45) is 0. The largest absolute Gasteiger partial charge is 0.310 e. The molecule has 0 saturated carbocycles. The van der Waals surface area contributed by atoms with Crippen molar-refractivity contribution in [2.24, 2.45) is 0 Å². The zero-order valence-electron chi connectivity index (χ0n) is 28.5. The molecule has 7 aromatic rings. The first-order valence-corrected chi connectivity index (χ1v) is 17.0. The van der Waals surface area contributed by atoms with Crippen LogP contribution in [0.5, 0.6) is 0 Å². The van der Waals surface area contributed by atoms with Gasteiger partial charge in [0.1, 0.15) is 0 Å². The second-order valence-electron chi connectivity index (χ2n) is 14.6. The van der Waals surface area contributed by atoms with E-state index in [2.05, 4.69) is 197 Å². The highest BCUT2D eigenvalue weighted by atomic mass is 15.1. The van der Waals surface area contributed by atoms with Crippen LogP contribution in [0.2, 0.25) is 0 Å². The van der Waals surface area contributed by atoms with Gasteiger partial charge in [0.25, 0.3) is 0 Å². The molecule has 48 heavy (non-hydrogen) atoms.